The highest BCUT2D eigenvalue weighted by molar-refractivity contribution is 7.89. The van der Waals surface area contributed by atoms with Gasteiger partial charge in [0.15, 0.2) is 0 Å². The predicted molar refractivity (Wildman–Crippen MR) is 101 cm³/mol. The van der Waals surface area contributed by atoms with Crippen molar-refractivity contribution >= 4 is 15.9 Å². The lowest BCUT2D eigenvalue weighted by Gasteiger charge is -2.35. The third-order valence-electron chi connectivity index (χ3n) is 5.55. The Morgan fingerprint density at radius 2 is 1.81 bits per heavy atom. The van der Waals surface area contributed by atoms with E-state index in [1.54, 1.807) is 17.0 Å². The first-order valence-electron chi connectivity index (χ1n) is 9.41. The molecule has 1 heterocycles. The van der Waals surface area contributed by atoms with E-state index < -0.39 is 10.0 Å². The fourth-order valence-electron chi connectivity index (χ4n) is 3.89. The molecular formula is C19H26N4O3S. The first-order chi connectivity index (χ1) is 12.9. The number of likely N-dealkylation sites (N-methyl/N-ethyl adjacent to an activating group) is 1. The van der Waals surface area contributed by atoms with Crippen molar-refractivity contribution in [1.29, 1.82) is 5.26 Å². The molecule has 1 saturated heterocycles. The van der Waals surface area contributed by atoms with Crippen molar-refractivity contribution in [3.05, 3.63) is 29.8 Å². The number of benzene rings is 1. The lowest BCUT2D eigenvalue weighted by Crippen LogP contribution is -2.52. The summed E-state index contributed by atoms with van der Waals surface area (Å²) in [6.07, 6.45) is 4.75. The quantitative estimate of drug-likeness (QED) is 0.756. The molecule has 7 nitrogen and oxygen atoms in total. The van der Waals surface area contributed by atoms with E-state index in [1.807, 2.05) is 13.1 Å². The number of carbonyl (C=O) groups is 1. The van der Waals surface area contributed by atoms with Crippen LogP contribution in [-0.2, 0) is 14.8 Å². The van der Waals surface area contributed by atoms with Gasteiger partial charge in [-0.3, -0.25) is 9.69 Å². The molecule has 0 atom stereocenters. The van der Waals surface area contributed by atoms with Crippen LogP contribution in [0.5, 0.6) is 0 Å². The van der Waals surface area contributed by atoms with Crippen LogP contribution < -0.4 is 0 Å². The summed E-state index contributed by atoms with van der Waals surface area (Å²) in [4.78, 5) is 16.5. The minimum Gasteiger partial charge on any atom is -0.339 e. The van der Waals surface area contributed by atoms with Gasteiger partial charge in [-0.2, -0.15) is 9.57 Å². The number of amides is 1. The summed E-state index contributed by atoms with van der Waals surface area (Å²) in [6.45, 7) is 1.65. The first-order valence-corrected chi connectivity index (χ1v) is 10.8. The van der Waals surface area contributed by atoms with E-state index in [0.29, 0.717) is 25.7 Å². The van der Waals surface area contributed by atoms with E-state index in [1.165, 1.54) is 29.3 Å². The van der Waals surface area contributed by atoms with Crippen molar-refractivity contribution in [2.75, 3.05) is 39.8 Å². The Kier molecular flexibility index (Phi) is 6.15. The SMILES string of the molecule is CN(CC(=O)N1CCN(S(=O)(=O)c2ccccc2C#N)CC1)C1CCCC1. The molecule has 1 aromatic carbocycles. The van der Waals surface area contributed by atoms with Gasteiger partial charge in [0.1, 0.15) is 6.07 Å². The number of nitriles is 1. The van der Waals surface area contributed by atoms with E-state index in [2.05, 4.69) is 4.90 Å². The van der Waals surface area contributed by atoms with E-state index in [9.17, 15) is 18.5 Å². The molecule has 0 bridgehead atoms. The highest BCUT2D eigenvalue weighted by Crippen LogP contribution is 2.23. The standard InChI is InChI=1S/C19H26N4O3S/c1-21(17-7-3-4-8-17)15-19(24)22-10-12-23(13-11-22)27(25,26)18-9-5-2-6-16(18)14-20/h2,5-6,9,17H,3-4,7-8,10-13,15H2,1H3. The Morgan fingerprint density at radius 1 is 1.19 bits per heavy atom. The molecule has 2 fully saturated rings. The minimum absolute atomic E-state index is 0.0354. The Balaban J connectivity index is 1.59. The summed E-state index contributed by atoms with van der Waals surface area (Å²) >= 11 is 0. The number of hydrogen-bond donors (Lipinski definition) is 0. The zero-order chi connectivity index (χ0) is 19.4. The highest BCUT2D eigenvalue weighted by atomic mass is 32.2. The zero-order valence-electron chi connectivity index (χ0n) is 15.7. The van der Waals surface area contributed by atoms with Crippen LogP contribution >= 0.6 is 0 Å². The maximum absolute atomic E-state index is 12.9. The number of piperazine rings is 1. The van der Waals surface area contributed by atoms with Gasteiger partial charge in [0, 0.05) is 32.2 Å². The maximum atomic E-state index is 12.9. The summed E-state index contributed by atoms with van der Waals surface area (Å²) in [5.41, 5.74) is 0.147. The van der Waals surface area contributed by atoms with Crippen molar-refractivity contribution in [2.45, 2.75) is 36.6 Å². The molecule has 1 aromatic rings. The molecule has 146 valence electrons. The van der Waals surface area contributed by atoms with Gasteiger partial charge in [-0.1, -0.05) is 25.0 Å². The van der Waals surface area contributed by atoms with Crippen LogP contribution in [0.15, 0.2) is 29.2 Å². The fourth-order valence-corrected chi connectivity index (χ4v) is 5.45. The summed E-state index contributed by atoms with van der Waals surface area (Å²) in [7, 11) is -1.73. The van der Waals surface area contributed by atoms with Crippen molar-refractivity contribution in [3.63, 3.8) is 0 Å². The topological polar surface area (TPSA) is 84.7 Å². The van der Waals surface area contributed by atoms with Gasteiger partial charge in [-0.15, -0.1) is 0 Å². The van der Waals surface area contributed by atoms with Crippen molar-refractivity contribution in [2.24, 2.45) is 0 Å². The summed E-state index contributed by atoms with van der Waals surface area (Å²) in [5, 5.41) is 9.18. The molecule has 1 aliphatic carbocycles. The second-order valence-electron chi connectivity index (χ2n) is 7.25. The van der Waals surface area contributed by atoms with Crippen LogP contribution in [0.25, 0.3) is 0 Å². The number of sulfonamides is 1. The van der Waals surface area contributed by atoms with Crippen LogP contribution in [0, 0.1) is 11.3 Å². The lowest BCUT2D eigenvalue weighted by atomic mass is 10.2. The predicted octanol–water partition coefficient (Wildman–Crippen LogP) is 1.27. The number of rotatable bonds is 5. The average molecular weight is 391 g/mol. The normalized spacial score (nSPS) is 19.4. The van der Waals surface area contributed by atoms with Crippen LogP contribution in [0.2, 0.25) is 0 Å². The molecule has 0 spiro atoms. The van der Waals surface area contributed by atoms with Crippen molar-refractivity contribution in [3.8, 4) is 6.07 Å². The third-order valence-corrected chi connectivity index (χ3v) is 7.51. The van der Waals surface area contributed by atoms with Crippen LogP contribution in [0.4, 0.5) is 0 Å². The van der Waals surface area contributed by atoms with E-state index in [-0.39, 0.29) is 29.5 Å². The largest absolute Gasteiger partial charge is 0.339 e. The lowest BCUT2D eigenvalue weighted by molar-refractivity contribution is -0.133. The molecule has 1 amide bonds. The molecule has 27 heavy (non-hydrogen) atoms. The number of nitrogens with zero attached hydrogens (tertiary/aromatic N) is 4. The minimum atomic E-state index is -3.73. The van der Waals surface area contributed by atoms with E-state index in [4.69, 9.17) is 0 Å². The molecule has 8 heteroatoms. The fraction of sp³-hybridized carbons (Fsp3) is 0.579. The molecule has 1 saturated carbocycles. The smallest absolute Gasteiger partial charge is 0.244 e. The summed E-state index contributed by atoms with van der Waals surface area (Å²) in [5.74, 6) is 0.0545. The van der Waals surface area contributed by atoms with Crippen molar-refractivity contribution < 1.29 is 13.2 Å². The Bertz CT molecular complexity index is 820. The molecule has 1 aliphatic heterocycles. The van der Waals surface area contributed by atoms with Crippen LogP contribution in [0.1, 0.15) is 31.2 Å². The average Bonchev–Trinajstić information content (AvgIpc) is 3.23. The Hall–Kier alpha value is -1.95. The van der Waals surface area contributed by atoms with Crippen LogP contribution in [-0.4, -0.2) is 74.2 Å². The van der Waals surface area contributed by atoms with E-state index >= 15 is 0 Å². The monoisotopic (exact) mass is 390 g/mol. The molecule has 0 unspecified atom stereocenters. The second kappa shape index (κ2) is 8.38. The molecule has 0 N–H and O–H groups in total. The molecule has 3 rings (SSSR count). The molecule has 0 aromatic heterocycles. The molecular weight excluding hydrogens is 364 g/mol. The van der Waals surface area contributed by atoms with Crippen LogP contribution in [0.3, 0.4) is 0 Å². The highest BCUT2D eigenvalue weighted by Gasteiger charge is 2.32. The maximum Gasteiger partial charge on any atom is 0.244 e. The summed E-state index contributed by atoms with van der Waals surface area (Å²) < 4.78 is 27.1. The Morgan fingerprint density at radius 3 is 2.44 bits per heavy atom. The Labute approximate surface area is 161 Å². The number of carbonyl (C=O) groups excluding carboxylic acids is 1. The second-order valence-corrected chi connectivity index (χ2v) is 9.15. The van der Waals surface area contributed by atoms with Gasteiger partial charge < -0.3 is 4.90 Å². The molecule has 0 radical (unpaired) electrons. The van der Waals surface area contributed by atoms with Gasteiger partial charge in [0.2, 0.25) is 15.9 Å². The zero-order valence-corrected chi connectivity index (χ0v) is 16.5. The number of hydrogen-bond acceptors (Lipinski definition) is 5. The van der Waals surface area contributed by atoms with Gasteiger partial charge in [0.25, 0.3) is 0 Å². The van der Waals surface area contributed by atoms with Gasteiger partial charge in [-0.25, -0.2) is 8.42 Å². The summed E-state index contributed by atoms with van der Waals surface area (Å²) in [6, 6.07) is 8.66. The van der Waals surface area contributed by atoms with Gasteiger partial charge in [-0.05, 0) is 32.0 Å². The van der Waals surface area contributed by atoms with Crippen molar-refractivity contribution in [1.82, 2.24) is 14.1 Å². The van der Waals surface area contributed by atoms with Gasteiger partial charge >= 0.3 is 0 Å². The van der Waals surface area contributed by atoms with Gasteiger partial charge in [0.05, 0.1) is 17.0 Å². The van der Waals surface area contributed by atoms with E-state index in [0.717, 1.165) is 12.8 Å². The molecule has 2 aliphatic rings. The third kappa shape index (κ3) is 4.32. The first kappa shape index (κ1) is 19.8.